The minimum absolute atomic E-state index is 0.178. The first-order valence-corrected chi connectivity index (χ1v) is 7.00. The number of aromatic nitrogens is 1. The maximum absolute atomic E-state index is 4.55. The fourth-order valence-corrected chi connectivity index (χ4v) is 2.32. The Labute approximate surface area is 115 Å². The molecule has 100 valence electrons. The minimum atomic E-state index is 0.178. The fraction of sp³-hybridized carbons (Fsp3) is 0.353. The Morgan fingerprint density at radius 1 is 1.11 bits per heavy atom. The summed E-state index contributed by atoms with van der Waals surface area (Å²) in [6.07, 6.45) is 2.95. The summed E-state index contributed by atoms with van der Waals surface area (Å²) in [4.78, 5) is 4.55. The van der Waals surface area contributed by atoms with Crippen molar-refractivity contribution in [2.24, 2.45) is 0 Å². The summed E-state index contributed by atoms with van der Waals surface area (Å²) in [6, 6.07) is 13.1. The van der Waals surface area contributed by atoms with Crippen LogP contribution in [0.3, 0.4) is 0 Å². The molecular formula is C17H22N2. The standard InChI is InChI=1S/C17H22N2/c1-4-14-8-10-15(11-9-14)17(18-5-2)16-13(3)7-6-12-19-16/h6-12,17-18H,4-5H2,1-3H3. The van der Waals surface area contributed by atoms with Gasteiger partial charge in [0, 0.05) is 6.20 Å². The zero-order chi connectivity index (χ0) is 13.7. The van der Waals surface area contributed by atoms with Crippen LogP contribution in [-0.4, -0.2) is 11.5 Å². The molecule has 0 spiro atoms. The maximum Gasteiger partial charge on any atom is 0.0754 e. The van der Waals surface area contributed by atoms with Crippen molar-refractivity contribution in [2.75, 3.05) is 6.54 Å². The van der Waals surface area contributed by atoms with Gasteiger partial charge in [-0.15, -0.1) is 0 Å². The van der Waals surface area contributed by atoms with E-state index < -0.39 is 0 Å². The van der Waals surface area contributed by atoms with Crippen molar-refractivity contribution >= 4 is 0 Å². The van der Waals surface area contributed by atoms with E-state index in [4.69, 9.17) is 0 Å². The number of nitrogens with zero attached hydrogens (tertiary/aromatic N) is 1. The predicted molar refractivity (Wildman–Crippen MR) is 80.3 cm³/mol. The maximum atomic E-state index is 4.55. The molecule has 1 unspecified atom stereocenters. The molecule has 0 bridgehead atoms. The number of benzene rings is 1. The molecule has 0 aliphatic heterocycles. The fourth-order valence-electron chi connectivity index (χ4n) is 2.32. The molecule has 2 nitrogen and oxygen atoms in total. The Bertz CT molecular complexity index is 517. The van der Waals surface area contributed by atoms with Crippen LogP contribution in [0.1, 0.15) is 42.3 Å². The van der Waals surface area contributed by atoms with Gasteiger partial charge in [-0.1, -0.05) is 44.2 Å². The van der Waals surface area contributed by atoms with Crippen molar-refractivity contribution in [3.05, 3.63) is 65.0 Å². The van der Waals surface area contributed by atoms with Gasteiger partial charge in [-0.05, 0) is 42.6 Å². The molecule has 2 heteroatoms. The van der Waals surface area contributed by atoms with E-state index in [0.29, 0.717) is 0 Å². The highest BCUT2D eigenvalue weighted by molar-refractivity contribution is 5.33. The summed E-state index contributed by atoms with van der Waals surface area (Å²) in [5, 5.41) is 3.53. The van der Waals surface area contributed by atoms with Gasteiger partial charge in [0.05, 0.1) is 11.7 Å². The zero-order valence-electron chi connectivity index (χ0n) is 12.0. The van der Waals surface area contributed by atoms with Crippen LogP contribution >= 0.6 is 0 Å². The van der Waals surface area contributed by atoms with Gasteiger partial charge in [0.1, 0.15) is 0 Å². The molecule has 0 saturated heterocycles. The molecule has 1 heterocycles. The second-order valence-corrected chi connectivity index (χ2v) is 4.79. The highest BCUT2D eigenvalue weighted by atomic mass is 14.9. The van der Waals surface area contributed by atoms with Gasteiger partial charge in [0.25, 0.3) is 0 Å². The van der Waals surface area contributed by atoms with E-state index >= 15 is 0 Å². The van der Waals surface area contributed by atoms with E-state index in [-0.39, 0.29) is 6.04 Å². The minimum Gasteiger partial charge on any atom is -0.305 e. The van der Waals surface area contributed by atoms with Gasteiger partial charge in [-0.2, -0.15) is 0 Å². The summed E-state index contributed by atoms with van der Waals surface area (Å²) in [6.45, 7) is 7.36. The lowest BCUT2D eigenvalue weighted by Crippen LogP contribution is -2.23. The number of hydrogen-bond donors (Lipinski definition) is 1. The van der Waals surface area contributed by atoms with Gasteiger partial charge < -0.3 is 5.32 Å². The molecule has 0 amide bonds. The average molecular weight is 254 g/mol. The van der Waals surface area contributed by atoms with Crippen molar-refractivity contribution in [2.45, 2.75) is 33.2 Å². The number of aryl methyl sites for hydroxylation is 2. The lowest BCUT2D eigenvalue weighted by atomic mass is 9.98. The zero-order valence-corrected chi connectivity index (χ0v) is 12.0. The second kappa shape index (κ2) is 6.48. The molecule has 0 aliphatic carbocycles. The molecule has 2 aromatic rings. The summed E-state index contributed by atoms with van der Waals surface area (Å²) < 4.78 is 0. The molecule has 0 radical (unpaired) electrons. The van der Waals surface area contributed by atoms with Crippen LogP contribution in [-0.2, 0) is 6.42 Å². The van der Waals surface area contributed by atoms with Gasteiger partial charge >= 0.3 is 0 Å². The molecule has 1 aromatic carbocycles. The first-order valence-electron chi connectivity index (χ1n) is 7.00. The number of rotatable bonds is 5. The number of pyridine rings is 1. The first kappa shape index (κ1) is 13.8. The highest BCUT2D eigenvalue weighted by Gasteiger charge is 2.15. The van der Waals surface area contributed by atoms with E-state index in [1.54, 1.807) is 0 Å². The van der Waals surface area contributed by atoms with E-state index in [1.807, 2.05) is 12.3 Å². The molecule has 1 N–H and O–H groups in total. The predicted octanol–water partition coefficient (Wildman–Crippen LogP) is 3.65. The van der Waals surface area contributed by atoms with Crippen LogP contribution in [0.2, 0.25) is 0 Å². The lowest BCUT2D eigenvalue weighted by molar-refractivity contribution is 0.612. The number of hydrogen-bond acceptors (Lipinski definition) is 2. The molecule has 19 heavy (non-hydrogen) atoms. The molecule has 1 atom stereocenters. The highest BCUT2D eigenvalue weighted by Crippen LogP contribution is 2.23. The Morgan fingerprint density at radius 2 is 1.84 bits per heavy atom. The molecule has 2 rings (SSSR count). The Morgan fingerprint density at radius 3 is 2.42 bits per heavy atom. The first-order chi connectivity index (χ1) is 9.26. The van der Waals surface area contributed by atoms with Gasteiger partial charge in [-0.25, -0.2) is 0 Å². The smallest absolute Gasteiger partial charge is 0.0754 e. The summed E-state index contributed by atoms with van der Waals surface area (Å²) in [7, 11) is 0. The SMILES string of the molecule is CCNC(c1ccc(CC)cc1)c1ncccc1C. The third kappa shape index (κ3) is 3.21. The summed E-state index contributed by atoms with van der Waals surface area (Å²) in [5.41, 5.74) is 5.00. The number of nitrogens with one attached hydrogen (secondary N) is 1. The molecule has 0 saturated carbocycles. The third-order valence-electron chi connectivity index (χ3n) is 3.45. The van der Waals surface area contributed by atoms with Gasteiger partial charge in [-0.3, -0.25) is 4.98 Å². The van der Waals surface area contributed by atoms with Crippen LogP contribution in [0.15, 0.2) is 42.6 Å². The topological polar surface area (TPSA) is 24.9 Å². The van der Waals surface area contributed by atoms with Gasteiger partial charge in [0.2, 0.25) is 0 Å². The third-order valence-corrected chi connectivity index (χ3v) is 3.45. The summed E-state index contributed by atoms with van der Waals surface area (Å²) >= 11 is 0. The van der Waals surface area contributed by atoms with Gasteiger partial charge in [0.15, 0.2) is 0 Å². The second-order valence-electron chi connectivity index (χ2n) is 4.79. The molecule has 0 fully saturated rings. The Balaban J connectivity index is 2.36. The largest absolute Gasteiger partial charge is 0.305 e. The van der Waals surface area contributed by atoms with E-state index in [1.165, 1.54) is 16.7 Å². The Hall–Kier alpha value is -1.67. The van der Waals surface area contributed by atoms with E-state index in [2.05, 4.69) is 61.4 Å². The van der Waals surface area contributed by atoms with E-state index in [9.17, 15) is 0 Å². The average Bonchev–Trinajstić information content (AvgIpc) is 2.46. The van der Waals surface area contributed by atoms with Crippen molar-refractivity contribution < 1.29 is 0 Å². The normalized spacial score (nSPS) is 12.4. The molecule has 1 aromatic heterocycles. The van der Waals surface area contributed by atoms with Crippen LogP contribution in [0.5, 0.6) is 0 Å². The summed E-state index contributed by atoms with van der Waals surface area (Å²) in [5.74, 6) is 0. The van der Waals surface area contributed by atoms with Crippen molar-refractivity contribution in [3.8, 4) is 0 Å². The molecule has 0 aliphatic rings. The molecular weight excluding hydrogens is 232 g/mol. The van der Waals surface area contributed by atoms with Crippen LogP contribution in [0.25, 0.3) is 0 Å². The van der Waals surface area contributed by atoms with Crippen molar-refractivity contribution in [1.82, 2.24) is 10.3 Å². The van der Waals surface area contributed by atoms with Crippen molar-refractivity contribution in [3.63, 3.8) is 0 Å². The van der Waals surface area contributed by atoms with E-state index in [0.717, 1.165) is 18.7 Å². The Kier molecular flexibility index (Phi) is 4.69. The van der Waals surface area contributed by atoms with Crippen molar-refractivity contribution in [1.29, 1.82) is 0 Å². The van der Waals surface area contributed by atoms with Crippen LogP contribution < -0.4 is 5.32 Å². The monoisotopic (exact) mass is 254 g/mol. The van der Waals surface area contributed by atoms with Crippen LogP contribution in [0, 0.1) is 6.92 Å². The quantitative estimate of drug-likeness (QED) is 0.881. The van der Waals surface area contributed by atoms with Crippen LogP contribution in [0.4, 0.5) is 0 Å². The lowest BCUT2D eigenvalue weighted by Gasteiger charge is -2.20.